The first-order valence-electron chi connectivity index (χ1n) is 5.19. The molecule has 1 unspecified atom stereocenters. The average molecular weight is 165 g/mol. The highest BCUT2D eigenvalue weighted by Gasteiger charge is 2.27. The van der Waals surface area contributed by atoms with Gasteiger partial charge in [-0.3, -0.25) is 4.90 Å². The fourth-order valence-corrected chi connectivity index (χ4v) is 2.61. The first-order valence-corrected chi connectivity index (χ1v) is 5.19. The van der Waals surface area contributed by atoms with Crippen molar-refractivity contribution in [1.29, 1.82) is 0 Å². The summed E-state index contributed by atoms with van der Waals surface area (Å²) in [6.07, 6.45) is 5.52. The molecule has 0 aromatic rings. The fourth-order valence-electron chi connectivity index (χ4n) is 2.61. The maximum atomic E-state index is 2.67. The largest absolute Gasteiger partial charge is 0.297 e. The number of nitrogens with zero attached hydrogens (tertiary/aromatic N) is 1. The van der Waals surface area contributed by atoms with Crippen molar-refractivity contribution in [2.24, 2.45) is 0 Å². The maximum Gasteiger partial charge on any atom is 0.0307 e. The second-order valence-corrected chi connectivity index (χ2v) is 4.26. The minimum atomic E-state index is 0.812. The van der Waals surface area contributed by atoms with Crippen molar-refractivity contribution in [1.82, 2.24) is 4.90 Å². The summed E-state index contributed by atoms with van der Waals surface area (Å²) in [6, 6.07) is 0.812. The number of fused-ring (bicyclic) bond motifs is 1. The van der Waals surface area contributed by atoms with E-state index in [4.69, 9.17) is 0 Å². The van der Waals surface area contributed by atoms with E-state index in [-0.39, 0.29) is 0 Å². The first-order chi connectivity index (χ1) is 5.79. The van der Waals surface area contributed by atoms with Gasteiger partial charge in [-0.05, 0) is 52.6 Å². The monoisotopic (exact) mass is 165 g/mol. The van der Waals surface area contributed by atoms with Gasteiger partial charge in [-0.15, -0.1) is 0 Å². The van der Waals surface area contributed by atoms with Crippen LogP contribution in [0, 0.1) is 0 Å². The normalized spacial score (nSPS) is 32.0. The van der Waals surface area contributed by atoms with E-state index in [0.717, 1.165) is 6.04 Å². The van der Waals surface area contributed by atoms with E-state index in [9.17, 15) is 0 Å². The van der Waals surface area contributed by atoms with Gasteiger partial charge in [0.25, 0.3) is 0 Å². The van der Waals surface area contributed by atoms with Gasteiger partial charge in [0.1, 0.15) is 0 Å². The summed E-state index contributed by atoms with van der Waals surface area (Å²) in [6.45, 7) is 7.33. The van der Waals surface area contributed by atoms with Crippen molar-refractivity contribution in [3.05, 3.63) is 11.1 Å². The van der Waals surface area contributed by atoms with Crippen molar-refractivity contribution in [2.75, 3.05) is 13.1 Å². The standard InChI is InChI=1S/C11H19N/c1-9-5-3-7-12-8-4-6-11(12)10(9)2/h11H,3-8H2,1-2H3. The molecule has 0 amide bonds. The SMILES string of the molecule is CC1=C(C)C2CCCN2CCC1. The summed E-state index contributed by atoms with van der Waals surface area (Å²) >= 11 is 0. The van der Waals surface area contributed by atoms with E-state index in [1.807, 2.05) is 0 Å². The molecular weight excluding hydrogens is 146 g/mol. The van der Waals surface area contributed by atoms with Crippen molar-refractivity contribution < 1.29 is 0 Å². The molecule has 0 N–H and O–H groups in total. The molecule has 0 aliphatic carbocycles. The third-order valence-corrected chi connectivity index (χ3v) is 3.53. The molecule has 2 rings (SSSR count). The van der Waals surface area contributed by atoms with E-state index in [0.29, 0.717) is 0 Å². The Labute approximate surface area is 75.4 Å². The van der Waals surface area contributed by atoms with Crippen LogP contribution in [0.5, 0.6) is 0 Å². The van der Waals surface area contributed by atoms with Gasteiger partial charge in [0.05, 0.1) is 0 Å². The Bertz CT molecular complexity index is 205. The second-order valence-electron chi connectivity index (χ2n) is 4.26. The Morgan fingerprint density at radius 1 is 1.17 bits per heavy atom. The maximum absolute atomic E-state index is 2.67. The molecule has 2 aliphatic heterocycles. The van der Waals surface area contributed by atoms with Crippen LogP contribution in [0.2, 0.25) is 0 Å². The third-order valence-electron chi connectivity index (χ3n) is 3.53. The smallest absolute Gasteiger partial charge is 0.0307 e. The van der Waals surface area contributed by atoms with Crippen LogP contribution in [0.3, 0.4) is 0 Å². The summed E-state index contributed by atoms with van der Waals surface area (Å²) in [5.41, 5.74) is 3.33. The quantitative estimate of drug-likeness (QED) is 0.499. The van der Waals surface area contributed by atoms with Crippen LogP contribution >= 0.6 is 0 Å². The van der Waals surface area contributed by atoms with E-state index >= 15 is 0 Å². The van der Waals surface area contributed by atoms with Crippen LogP contribution in [0.15, 0.2) is 11.1 Å². The molecule has 1 saturated heterocycles. The van der Waals surface area contributed by atoms with E-state index in [1.54, 1.807) is 11.1 Å². The van der Waals surface area contributed by atoms with Crippen LogP contribution < -0.4 is 0 Å². The molecule has 0 radical (unpaired) electrons. The van der Waals surface area contributed by atoms with Gasteiger partial charge in [-0.1, -0.05) is 11.1 Å². The Morgan fingerprint density at radius 2 is 1.92 bits per heavy atom. The Balaban J connectivity index is 2.22. The molecule has 0 bridgehead atoms. The number of hydrogen-bond donors (Lipinski definition) is 0. The Hall–Kier alpha value is -0.300. The molecule has 68 valence electrons. The van der Waals surface area contributed by atoms with Gasteiger partial charge in [-0.25, -0.2) is 0 Å². The average Bonchev–Trinajstić information content (AvgIpc) is 2.46. The van der Waals surface area contributed by atoms with Gasteiger partial charge in [-0.2, -0.15) is 0 Å². The minimum Gasteiger partial charge on any atom is -0.297 e. The van der Waals surface area contributed by atoms with Gasteiger partial charge < -0.3 is 0 Å². The van der Waals surface area contributed by atoms with E-state index < -0.39 is 0 Å². The lowest BCUT2D eigenvalue weighted by Crippen LogP contribution is -2.29. The van der Waals surface area contributed by atoms with Crippen molar-refractivity contribution in [3.63, 3.8) is 0 Å². The summed E-state index contributed by atoms with van der Waals surface area (Å²) in [4.78, 5) is 2.67. The molecular formula is C11H19N. The van der Waals surface area contributed by atoms with Crippen LogP contribution in [-0.4, -0.2) is 24.0 Å². The highest BCUT2D eigenvalue weighted by atomic mass is 15.2. The van der Waals surface area contributed by atoms with Gasteiger partial charge >= 0.3 is 0 Å². The molecule has 12 heavy (non-hydrogen) atoms. The molecule has 1 fully saturated rings. The summed E-state index contributed by atoms with van der Waals surface area (Å²) < 4.78 is 0. The molecule has 0 saturated carbocycles. The molecule has 2 aliphatic rings. The predicted molar refractivity (Wildman–Crippen MR) is 52.2 cm³/mol. The topological polar surface area (TPSA) is 3.24 Å². The highest BCUT2D eigenvalue weighted by molar-refractivity contribution is 5.19. The lowest BCUT2D eigenvalue weighted by Gasteiger charge is -2.22. The minimum absolute atomic E-state index is 0.812. The van der Waals surface area contributed by atoms with Crippen LogP contribution in [0.25, 0.3) is 0 Å². The van der Waals surface area contributed by atoms with Crippen molar-refractivity contribution in [2.45, 2.75) is 45.6 Å². The number of allylic oxidation sites excluding steroid dienone is 1. The van der Waals surface area contributed by atoms with Gasteiger partial charge in [0.15, 0.2) is 0 Å². The van der Waals surface area contributed by atoms with Gasteiger partial charge in [0.2, 0.25) is 0 Å². The molecule has 0 spiro atoms. The zero-order valence-electron chi connectivity index (χ0n) is 8.27. The Morgan fingerprint density at radius 3 is 2.75 bits per heavy atom. The number of hydrogen-bond acceptors (Lipinski definition) is 1. The van der Waals surface area contributed by atoms with E-state index in [2.05, 4.69) is 18.7 Å². The van der Waals surface area contributed by atoms with Crippen molar-refractivity contribution >= 4 is 0 Å². The van der Waals surface area contributed by atoms with Crippen molar-refractivity contribution in [3.8, 4) is 0 Å². The molecule has 1 heteroatoms. The molecule has 1 nitrogen and oxygen atoms in total. The zero-order valence-corrected chi connectivity index (χ0v) is 8.27. The number of rotatable bonds is 0. The lowest BCUT2D eigenvalue weighted by atomic mass is 10.0. The van der Waals surface area contributed by atoms with Crippen LogP contribution in [0.4, 0.5) is 0 Å². The summed E-state index contributed by atoms with van der Waals surface area (Å²) in [5, 5.41) is 0. The highest BCUT2D eigenvalue weighted by Crippen LogP contribution is 2.29. The second kappa shape index (κ2) is 3.21. The van der Waals surface area contributed by atoms with E-state index in [1.165, 1.54) is 38.8 Å². The molecule has 1 atom stereocenters. The zero-order chi connectivity index (χ0) is 8.55. The third kappa shape index (κ3) is 1.31. The molecule has 2 heterocycles. The lowest BCUT2D eigenvalue weighted by molar-refractivity contribution is 0.285. The van der Waals surface area contributed by atoms with Gasteiger partial charge in [0, 0.05) is 6.04 Å². The summed E-state index contributed by atoms with van der Waals surface area (Å²) in [5.74, 6) is 0. The molecule has 0 aromatic carbocycles. The summed E-state index contributed by atoms with van der Waals surface area (Å²) in [7, 11) is 0. The van der Waals surface area contributed by atoms with Crippen LogP contribution in [0.1, 0.15) is 39.5 Å². The predicted octanol–water partition coefficient (Wildman–Crippen LogP) is 2.58. The van der Waals surface area contributed by atoms with Crippen LogP contribution in [-0.2, 0) is 0 Å². The molecule has 0 aromatic heterocycles. The first kappa shape index (κ1) is 8.31. The Kier molecular flexibility index (Phi) is 2.22. The fraction of sp³-hybridized carbons (Fsp3) is 0.818.